The molecule has 1 heterocycles. The Labute approximate surface area is 115 Å². The van der Waals surface area contributed by atoms with Crippen LogP contribution in [0, 0.1) is 17.8 Å². The zero-order valence-corrected chi connectivity index (χ0v) is 13.6. The molecule has 2 nitrogen and oxygen atoms in total. The van der Waals surface area contributed by atoms with Gasteiger partial charge in [0.05, 0.1) is 0 Å². The highest BCUT2D eigenvalue weighted by atomic mass is 15.2. The molecule has 1 rings (SSSR count). The summed E-state index contributed by atoms with van der Waals surface area (Å²) < 4.78 is 0. The van der Waals surface area contributed by atoms with Crippen LogP contribution in [0.25, 0.3) is 0 Å². The standard InChI is InChI=1S/C16H34N2/c1-12(2)15(10-17-16(5,6)7)18-9-8-13(3)14(4)11-18/h12-15,17H,8-11H2,1-7H3. The molecule has 0 aliphatic carbocycles. The lowest BCUT2D eigenvalue weighted by molar-refractivity contribution is 0.0698. The van der Waals surface area contributed by atoms with Crippen molar-refractivity contribution in [1.29, 1.82) is 0 Å². The minimum atomic E-state index is 0.224. The van der Waals surface area contributed by atoms with Gasteiger partial charge in [-0.15, -0.1) is 0 Å². The molecule has 0 amide bonds. The van der Waals surface area contributed by atoms with Crippen molar-refractivity contribution in [2.45, 2.75) is 66.5 Å². The fourth-order valence-electron chi connectivity index (χ4n) is 2.79. The van der Waals surface area contributed by atoms with E-state index in [1.54, 1.807) is 0 Å². The summed E-state index contributed by atoms with van der Waals surface area (Å²) in [5, 5.41) is 3.68. The van der Waals surface area contributed by atoms with Gasteiger partial charge in [-0.25, -0.2) is 0 Å². The second kappa shape index (κ2) is 6.38. The van der Waals surface area contributed by atoms with Crippen molar-refractivity contribution in [1.82, 2.24) is 10.2 Å². The minimum absolute atomic E-state index is 0.224. The highest BCUT2D eigenvalue weighted by molar-refractivity contribution is 4.85. The summed E-state index contributed by atoms with van der Waals surface area (Å²) in [7, 11) is 0. The predicted octanol–water partition coefficient (Wildman–Crippen LogP) is 3.38. The third kappa shape index (κ3) is 4.89. The molecule has 0 spiro atoms. The largest absolute Gasteiger partial charge is 0.311 e. The summed E-state index contributed by atoms with van der Waals surface area (Å²) in [6.07, 6.45) is 1.36. The SMILES string of the molecule is CC(C)C(CNC(C)(C)C)N1CCC(C)C(C)C1. The Morgan fingerprint density at radius 3 is 2.22 bits per heavy atom. The van der Waals surface area contributed by atoms with Crippen molar-refractivity contribution in [3.05, 3.63) is 0 Å². The first-order chi connectivity index (χ1) is 8.20. The number of hydrogen-bond donors (Lipinski definition) is 1. The van der Waals surface area contributed by atoms with Crippen LogP contribution in [0.4, 0.5) is 0 Å². The average Bonchev–Trinajstić information content (AvgIpc) is 2.21. The van der Waals surface area contributed by atoms with Crippen molar-refractivity contribution in [3.8, 4) is 0 Å². The molecule has 0 saturated carbocycles. The number of nitrogens with zero attached hydrogens (tertiary/aromatic N) is 1. The van der Waals surface area contributed by atoms with E-state index in [4.69, 9.17) is 0 Å². The van der Waals surface area contributed by atoms with Gasteiger partial charge < -0.3 is 5.32 Å². The molecule has 1 aliphatic rings. The van der Waals surface area contributed by atoms with Crippen LogP contribution in [-0.2, 0) is 0 Å². The monoisotopic (exact) mass is 254 g/mol. The smallest absolute Gasteiger partial charge is 0.0243 e. The summed E-state index contributed by atoms with van der Waals surface area (Å²) in [5.41, 5.74) is 0.224. The van der Waals surface area contributed by atoms with Gasteiger partial charge in [-0.05, 0) is 51.5 Å². The fourth-order valence-corrected chi connectivity index (χ4v) is 2.79. The lowest BCUT2D eigenvalue weighted by atomic mass is 9.86. The van der Waals surface area contributed by atoms with Gasteiger partial charge >= 0.3 is 0 Å². The number of hydrogen-bond acceptors (Lipinski definition) is 2. The molecule has 3 unspecified atom stereocenters. The van der Waals surface area contributed by atoms with Gasteiger partial charge in [-0.2, -0.15) is 0 Å². The number of piperidine rings is 1. The molecular formula is C16H34N2. The number of likely N-dealkylation sites (tertiary alicyclic amines) is 1. The van der Waals surface area contributed by atoms with Gasteiger partial charge in [0.25, 0.3) is 0 Å². The van der Waals surface area contributed by atoms with Crippen LogP contribution in [0.5, 0.6) is 0 Å². The van der Waals surface area contributed by atoms with Crippen molar-refractivity contribution in [2.75, 3.05) is 19.6 Å². The van der Waals surface area contributed by atoms with Gasteiger partial charge in [0.2, 0.25) is 0 Å². The maximum atomic E-state index is 3.68. The molecule has 0 bridgehead atoms. The van der Waals surface area contributed by atoms with Crippen LogP contribution in [-0.4, -0.2) is 36.1 Å². The average molecular weight is 254 g/mol. The van der Waals surface area contributed by atoms with E-state index in [0.717, 1.165) is 24.3 Å². The second-order valence-corrected chi connectivity index (χ2v) is 7.68. The summed E-state index contributed by atoms with van der Waals surface area (Å²) in [6, 6.07) is 0.680. The first-order valence-electron chi connectivity index (χ1n) is 7.70. The van der Waals surface area contributed by atoms with Crippen molar-refractivity contribution in [2.24, 2.45) is 17.8 Å². The second-order valence-electron chi connectivity index (χ2n) is 7.68. The van der Waals surface area contributed by atoms with Gasteiger partial charge in [0, 0.05) is 24.7 Å². The van der Waals surface area contributed by atoms with E-state index in [1.807, 2.05) is 0 Å². The van der Waals surface area contributed by atoms with Crippen LogP contribution < -0.4 is 5.32 Å². The van der Waals surface area contributed by atoms with Crippen LogP contribution >= 0.6 is 0 Å². The zero-order valence-electron chi connectivity index (χ0n) is 13.6. The summed E-state index contributed by atoms with van der Waals surface area (Å²) in [4.78, 5) is 2.72. The summed E-state index contributed by atoms with van der Waals surface area (Å²) in [6.45, 7) is 20.0. The molecular weight excluding hydrogens is 220 g/mol. The zero-order chi connectivity index (χ0) is 13.9. The van der Waals surface area contributed by atoms with E-state index in [2.05, 4.69) is 58.7 Å². The molecule has 0 aromatic carbocycles. The number of nitrogens with one attached hydrogen (secondary N) is 1. The third-order valence-electron chi connectivity index (χ3n) is 4.45. The Kier molecular flexibility index (Phi) is 5.67. The predicted molar refractivity (Wildman–Crippen MR) is 80.9 cm³/mol. The lowest BCUT2D eigenvalue weighted by Gasteiger charge is -2.42. The first kappa shape index (κ1) is 16.0. The van der Waals surface area contributed by atoms with Gasteiger partial charge in [-0.3, -0.25) is 4.90 Å². The Morgan fingerprint density at radius 1 is 1.17 bits per heavy atom. The molecule has 108 valence electrons. The Bertz CT molecular complexity index is 242. The fraction of sp³-hybridized carbons (Fsp3) is 1.00. The molecule has 1 fully saturated rings. The molecule has 18 heavy (non-hydrogen) atoms. The number of rotatable bonds is 4. The molecule has 0 radical (unpaired) electrons. The highest BCUT2D eigenvalue weighted by Gasteiger charge is 2.29. The van der Waals surface area contributed by atoms with E-state index in [0.29, 0.717) is 6.04 Å². The molecule has 1 N–H and O–H groups in total. The van der Waals surface area contributed by atoms with Gasteiger partial charge in [0.15, 0.2) is 0 Å². The molecule has 1 saturated heterocycles. The Balaban J connectivity index is 2.57. The molecule has 2 heteroatoms. The topological polar surface area (TPSA) is 15.3 Å². The van der Waals surface area contributed by atoms with Crippen LogP contribution in [0.15, 0.2) is 0 Å². The molecule has 0 aromatic heterocycles. The van der Waals surface area contributed by atoms with Crippen LogP contribution in [0.1, 0.15) is 54.9 Å². The summed E-state index contributed by atoms with van der Waals surface area (Å²) >= 11 is 0. The van der Waals surface area contributed by atoms with Crippen molar-refractivity contribution >= 4 is 0 Å². The van der Waals surface area contributed by atoms with E-state index in [9.17, 15) is 0 Å². The maximum absolute atomic E-state index is 3.68. The van der Waals surface area contributed by atoms with Gasteiger partial charge in [-0.1, -0.05) is 27.7 Å². The normalized spacial score (nSPS) is 28.7. The molecule has 1 aliphatic heterocycles. The van der Waals surface area contributed by atoms with Crippen LogP contribution in [0.2, 0.25) is 0 Å². The van der Waals surface area contributed by atoms with Crippen molar-refractivity contribution < 1.29 is 0 Å². The Morgan fingerprint density at radius 2 is 1.78 bits per heavy atom. The minimum Gasteiger partial charge on any atom is -0.311 e. The Hall–Kier alpha value is -0.0800. The summed E-state index contributed by atoms with van der Waals surface area (Å²) in [5.74, 6) is 2.46. The van der Waals surface area contributed by atoms with Gasteiger partial charge in [0.1, 0.15) is 0 Å². The van der Waals surface area contributed by atoms with E-state index < -0.39 is 0 Å². The quantitative estimate of drug-likeness (QED) is 0.827. The van der Waals surface area contributed by atoms with E-state index in [1.165, 1.54) is 19.5 Å². The van der Waals surface area contributed by atoms with E-state index in [-0.39, 0.29) is 5.54 Å². The lowest BCUT2D eigenvalue weighted by Crippen LogP contribution is -2.53. The molecule has 3 atom stereocenters. The van der Waals surface area contributed by atoms with Crippen LogP contribution in [0.3, 0.4) is 0 Å². The highest BCUT2D eigenvalue weighted by Crippen LogP contribution is 2.25. The first-order valence-corrected chi connectivity index (χ1v) is 7.70. The van der Waals surface area contributed by atoms with Crippen molar-refractivity contribution in [3.63, 3.8) is 0 Å². The third-order valence-corrected chi connectivity index (χ3v) is 4.45. The molecule has 0 aromatic rings. The van der Waals surface area contributed by atoms with E-state index >= 15 is 0 Å². The maximum Gasteiger partial charge on any atom is 0.0243 e.